The summed E-state index contributed by atoms with van der Waals surface area (Å²) in [4.78, 5) is 13.3. The highest BCUT2D eigenvalue weighted by molar-refractivity contribution is 6.30. The quantitative estimate of drug-likeness (QED) is 0.181. The van der Waals surface area contributed by atoms with Gasteiger partial charge in [0.05, 0.1) is 23.0 Å². The van der Waals surface area contributed by atoms with E-state index < -0.39 is 0 Å². The van der Waals surface area contributed by atoms with Gasteiger partial charge in [0.2, 0.25) is 0 Å². The van der Waals surface area contributed by atoms with Crippen LogP contribution in [-0.4, -0.2) is 20.2 Å². The Morgan fingerprint density at radius 2 is 1.00 bits per heavy atom. The molecule has 54 heavy (non-hydrogen) atoms. The Labute approximate surface area is 314 Å². The summed E-state index contributed by atoms with van der Waals surface area (Å²) in [6.07, 6.45) is 4.32. The summed E-state index contributed by atoms with van der Waals surface area (Å²) in [6.45, 7) is 0. The van der Waals surface area contributed by atoms with Gasteiger partial charge in [-0.25, -0.2) is 4.99 Å². The van der Waals surface area contributed by atoms with Gasteiger partial charge in [-0.3, -0.25) is 0 Å². The molecular formula is C50H36N4. The molecule has 0 amide bonds. The van der Waals surface area contributed by atoms with Crippen LogP contribution in [0.2, 0.25) is 0 Å². The molecule has 5 heterocycles. The fourth-order valence-corrected chi connectivity index (χ4v) is 8.09. The van der Waals surface area contributed by atoms with Gasteiger partial charge >= 0.3 is 0 Å². The van der Waals surface area contributed by atoms with Crippen LogP contribution >= 0.6 is 0 Å². The Balaban J connectivity index is 1.38. The maximum Gasteiger partial charge on any atom is 0.0737 e. The molecule has 1 atom stereocenters. The summed E-state index contributed by atoms with van der Waals surface area (Å²) in [5, 5.41) is 2.03. The number of benzene rings is 5. The molecule has 2 aliphatic rings. The zero-order valence-electron chi connectivity index (χ0n) is 29.5. The van der Waals surface area contributed by atoms with E-state index in [0.717, 1.165) is 84.0 Å². The molecule has 0 spiro atoms. The molecule has 8 aromatic rings. The van der Waals surface area contributed by atoms with Crippen LogP contribution in [-0.2, 0) is 0 Å². The second-order valence-electron chi connectivity index (χ2n) is 13.7. The number of rotatable bonds is 5. The van der Waals surface area contributed by atoms with Gasteiger partial charge in [-0.2, -0.15) is 0 Å². The lowest BCUT2D eigenvalue weighted by Gasteiger charge is -2.22. The van der Waals surface area contributed by atoms with Crippen molar-refractivity contribution in [3.8, 4) is 5.69 Å². The van der Waals surface area contributed by atoms with Gasteiger partial charge < -0.3 is 14.5 Å². The highest BCUT2D eigenvalue weighted by Gasteiger charge is 2.27. The van der Waals surface area contributed by atoms with Crippen LogP contribution in [0.4, 0.5) is 0 Å². The molecule has 256 valence electrons. The third-order valence-corrected chi connectivity index (χ3v) is 10.5. The monoisotopic (exact) mass is 692 g/mol. The lowest BCUT2D eigenvalue weighted by molar-refractivity contribution is 0.834. The van der Waals surface area contributed by atoms with E-state index in [-0.39, 0.29) is 5.92 Å². The van der Waals surface area contributed by atoms with E-state index in [0.29, 0.717) is 0 Å². The summed E-state index contributed by atoms with van der Waals surface area (Å²) in [6, 6.07) is 67.0. The Hall–Kier alpha value is -7.17. The smallest absolute Gasteiger partial charge is 0.0737 e. The number of hydrogen-bond donors (Lipinski definition) is 2. The van der Waals surface area contributed by atoms with E-state index in [9.17, 15) is 0 Å². The Morgan fingerprint density at radius 1 is 0.444 bits per heavy atom. The lowest BCUT2D eigenvalue weighted by atomic mass is 9.92. The number of allylic oxidation sites excluding steroid dienone is 2. The van der Waals surface area contributed by atoms with Crippen LogP contribution in [0.15, 0.2) is 211 Å². The van der Waals surface area contributed by atoms with Crippen molar-refractivity contribution in [3.05, 3.63) is 262 Å². The number of nitrogens with one attached hydrogen (secondary N) is 2. The summed E-state index contributed by atoms with van der Waals surface area (Å²) < 4.78 is 2.45. The largest absolute Gasteiger partial charge is 0.357 e. The molecule has 1 unspecified atom stereocenters. The average molecular weight is 693 g/mol. The van der Waals surface area contributed by atoms with Crippen LogP contribution in [0.5, 0.6) is 0 Å². The zero-order valence-corrected chi connectivity index (χ0v) is 29.5. The van der Waals surface area contributed by atoms with E-state index in [1.807, 2.05) is 0 Å². The first-order chi connectivity index (χ1) is 26.8. The fourth-order valence-electron chi connectivity index (χ4n) is 8.09. The van der Waals surface area contributed by atoms with Crippen LogP contribution < -0.4 is 10.7 Å². The lowest BCUT2D eigenvalue weighted by Crippen LogP contribution is -2.20. The van der Waals surface area contributed by atoms with Crippen molar-refractivity contribution in [2.75, 3.05) is 0 Å². The van der Waals surface area contributed by atoms with Gasteiger partial charge in [-0.1, -0.05) is 140 Å². The van der Waals surface area contributed by atoms with Gasteiger partial charge in [-0.15, -0.1) is 0 Å². The van der Waals surface area contributed by atoms with E-state index in [4.69, 9.17) is 4.99 Å². The highest BCUT2D eigenvalue weighted by Crippen LogP contribution is 2.39. The average Bonchev–Trinajstić information content (AvgIpc) is 4.07. The van der Waals surface area contributed by atoms with Gasteiger partial charge in [0, 0.05) is 50.2 Å². The third-order valence-electron chi connectivity index (χ3n) is 10.5. The van der Waals surface area contributed by atoms with Crippen molar-refractivity contribution < 1.29 is 0 Å². The minimum atomic E-state index is -0.101. The van der Waals surface area contributed by atoms with E-state index in [1.54, 1.807) is 0 Å². The highest BCUT2D eigenvalue weighted by atomic mass is 15.0. The van der Waals surface area contributed by atoms with Crippen LogP contribution in [0.1, 0.15) is 50.9 Å². The Bertz CT molecular complexity index is 2830. The number of aliphatic imine (C=N–C) groups is 1. The second kappa shape index (κ2) is 13.4. The standard InChI is InChI=1S/C50H36N4/c1-6-16-34(17-7-1)47-39-26-27-40(51-39)48(35-18-8-2-9-19-35)42-29-31-44(53-42)50(37-22-12-4-13-23-37)46-33-32-45(54(46)38-24-14-5-15-25-38)49(36-20-10-3-11-21-36)43-30-28-41(47)52-43/h1-33,49,52-53H/b47-39-,48-42-,50-44-. The van der Waals surface area contributed by atoms with Crippen molar-refractivity contribution in [2.45, 2.75) is 5.92 Å². The van der Waals surface area contributed by atoms with Crippen LogP contribution in [0, 0.1) is 0 Å². The van der Waals surface area contributed by atoms with Gasteiger partial charge in [0.25, 0.3) is 0 Å². The number of aromatic amines is 2. The van der Waals surface area contributed by atoms with Crippen LogP contribution in [0.25, 0.3) is 22.4 Å². The summed E-state index contributed by atoms with van der Waals surface area (Å²) in [5.41, 5.74) is 15.1. The van der Waals surface area contributed by atoms with Crippen molar-refractivity contribution in [1.29, 1.82) is 0 Å². The topological polar surface area (TPSA) is 48.9 Å². The number of hydrogen-bond acceptors (Lipinski definition) is 1. The molecule has 8 bridgehead atoms. The number of fused-ring (bicyclic) bond motifs is 7. The molecule has 4 nitrogen and oxygen atoms in total. The maximum absolute atomic E-state index is 5.42. The minimum absolute atomic E-state index is 0.101. The summed E-state index contributed by atoms with van der Waals surface area (Å²) in [5.74, 6) is -0.101. The Kier molecular flexibility index (Phi) is 7.85. The SMILES string of the molecule is C1=C/C2=C(\c3ccccc3)c3ccc([nH]3)C(c3ccccc3)c3ccc(n3-c3ccccc3)/C(c3ccccc3)=c3/cc/c([nH]3)=C(\c3ccccc3)C1=N2. The first-order valence-electron chi connectivity index (χ1n) is 18.4. The third kappa shape index (κ3) is 5.53. The zero-order chi connectivity index (χ0) is 35.8. The first-order valence-corrected chi connectivity index (χ1v) is 18.4. The fraction of sp³-hybridized carbons (Fsp3) is 0.0200. The van der Waals surface area contributed by atoms with Crippen LogP contribution in [0.3, 0.4) is 0 Å². The van der Waals surface area contributed by atoms with E-state index in [2.05, 4.69) is 215 Å². The Morgan fingerprint density at radius 3 is 1.65 bits per heavy atom. The maximum atomic E-state index is 5.42. The molecule has 3 aromatic heterocycles. The van der Waals surface area contributed by atoms with E-state index in [1.165, 1.54) is 5.56 Å². The van der Waals surface area contributed by atoms with Crippen molar-refractivity contribution in [3.63, 3.8) is 0 Å². The predicted octanol–water partition coefficient (Wildman–Crippen LogP) is 9.54. The molecule has 0 fully saturated rings. The molecule has 5 aromatic carbocycles. The molecule has 4 heteroatoms. The van der Waals surface area contributed by atoms with E-state index >= 15 is 0 Å². The number of para-hydroxylation sites is 1. The molecular weight excluding hydrogens is 657 g/mol. The summed E-state index contributed by atoms with van der Waals surface area (Å²) in [7, 11) is 0. The molecule has 2 aliphatic heterocycles. The van der Waals surface area contributed by atoms with Gasteiger partial charge in [-0.05, 0) is 82.9 Å². The van der Waals surface area contributed by atoms with Crippen molar-refractivity contribution in [2.24, 2.45) is 4.99 Å². The first kappa shape index (κ1) is 31.6. The van der Waals surface area contributed by atoms with Gasteiger partial charge in [0.15, 0.2) is 0 Å². The normalized spacial score (nSPS) is 18.4. The van der Waals surface area contributed by atoms with Gasteiger partial charge in [0.1, 0.15) is 0 Å². The molecule has 0 saturated heterocycles. The molecule has 0 aliphatic carbocycles. The molecule has 10 rings (SSSR count). The molecule has 0 saturated carbocycles. The number of H-pyrrole nitrogens is 2. The number of nitrogens with zero attached hydrogens (tertiary/aromatic N) is 2. The predicted molar refractivity (Wildman–Crippen MR) is 220 cm³/mol. The van der Waals surface area contributed by atoms with Crippen molar-refractivity contribution >= 4 is 22.4 Å². The molecule has 0 radical (unpaired) electrons. The minimum Gasteiger partial charge on any atom is -0.357 e. The number of aromatic nitrogens is 3. The summed E-state index contributed by atoms with van der Waals surface area (Å²) >= 11 is 0. The molecule has 2 N–H and O–H groups in total. The second-order valence-corrected chi connectivity index (χ2v) is 13.7. The van der Waals surface area contributed by atoms with Crippen molar-refractivity contribution in [1.82, 2.24) is 14.5 Å².